The number of epoxide rings is 1. The van der Waals surface area contributed by atoms with Crippen molar-refractivity contribution in [3.8, 4) is 0 Å². The minimum Gasteiger partial charge on any atom is -0.373 e. The fourth-order valence-corrected chi connectivity index (χ4v) is 1.20. The summed E-state index contributed by atoms with van der Waals surface area (Å²) in [7, 11) is -3.12. The predicted molar refractivity (Wildman–Crippen MR) is 44.5 cm³/mol. The third-order valence-electron chi connectivity index (χ3n) is 1.67. The number of ether oxygens (including phenoxy) is 1. The maximum Gasteiger partial charge on any atom is 0.328 e. The van der Waals surface area contributed by atoms with Gasteiger partial charge in [-0.25, -0.2) is 0 Å². The second kappa shape index (κ2) is 4.38. The van der Waals surface area contributed by atoms with Gasteiger partial charge < -0.3 is 8.92 Å². The quantitative estimate of drug-likeness (QED) is 0.378. The highest BCUT2D eigenvalue weighted by Gasteiger charge is 2.29. The number of hydrogen-bond acceptors (Lipinski definition) is 5. The van der Waals surface area contributed by atoms with Crippen LogP contribution in [0.2, 0.25) is 0 Å². The van der Waals surface area contributed by atoms with Crippen LogP contribution in [0.4, 0.5) is 0 Å². The van der Waals surface area contributed by atoms with E-state index in [9.17, 15) is 13.2 Å². The Kier molecular flexibility index (Phi) is 3.44. The van der Waals surface area contributed by atoms with E-state index in [1.165, 1.54) is 6.08 Å². The Morgan fingerprint density at radius 3 is 2.77 bits per heavy atom. The Balaban J connectivity index is 2.43. The standard InChI is InChI=1S/C7H10O5S/c1-2-5(3-6-4-11-6)7(8)12-13(9)10/h2,5-6,13H,1,3-4H2. The van der Waals surface area contributed by atoms with Crippen LogP contribution in [0.25, 0.3) is 0 Å². The molecule has 0 radical (unpaired) electrons. The molecule has 1 rings (SSSR count). The van der Waals surface area contributed by atoms with E-state index in [2.05, 4.69) is 10.8 Å². The molecule has 1 aliphatic heterocycles. The SMILES string of the molecule is C=CC(CC1CO1)C(=O)O[SH](=O)=O. The Labute approximate surface area is 77.5 Å². The summed E-state index contributed by atoms with van der Waals surface area (Å²) in [5.41, 5.74) is 0. The van der Waals surface area contributed by atoms with Gasteiger partial charge in [-0.2, -0.15) is 8.42 Å². The van der Waals surface area contributed by atoms with Crippen LogP contribution in [-0.4, -0.2) is 27.1 Å². The molecule has 0 aliphatic carbocycles. The monoisotopic (exact) mass is 206 g/mol. The number of carbonyl (C=O) groups excluding carboxylic acids is 1. The highest BCUT2D eigenvalue weighted by atomic mass is 32.2. The molecule has 1 saturated heterocycles. The molecule has 0 spiro atoms. The number of rotatable bonds is 5. The van der Waals surface area contributed by atoms with Gasteiger partial charge in [0.15, 0.2) is 0 Å². The van der Waals surface area contributed by atoms with Gasteiger partial charge in [-0.3, -0.25) is 4.79 Å². The molecular weight excluding hydrogens is 196 g/mol. The summed E-state index contributed by atoms with van der Waals surface area (Å²) in [4.78, 5) is 11.0. The van der Waals surface area contributed by atoms with Gasteiger partial charge in [0, 0.05) is 0 Å². The summed E-state index contributed by atoms with van der Waals surface area (Å²) in [5.74, 6) is -1.39. The Morgan fingerprint density at radius 1 is 1.77 bits per heavy atom. The molecular formula is C7H10O5S. The molecule has 0 saturated carbocycles. The van der Waals surface area contributed by atoms with Gasteiger partial charge in [-0.15, -0.1) is 6.58 Å². The molecule has 0 aromatic heterocycles. The molecule has 2 atom stereocenters. The summed E-state index contributed by atoms with van der Waals surface area (Å²) in [5, 5.41) is 0. The van der Waals surface area contributed by atoms with E-state index < -0.39 is 22.9 Å². The summed E-state index contributed by atoms with van der Waals surface area (Å²) in [6, 6.07) is 0. The van der Waals surface area contributed by atoms with Crippen molar-refractivity contribution in [1.29, 1.82) is 0 Å². The molecule has 6 heteroatoms. The Bertz CT molecular complexity index is 271. The molecule has 2 unspecified atom stereocenters. The first-order valence-corrected chi connectivity index (χ1v) is 4.83. The summed E-state index contributed by atoms with van der Waals surface area (Å²) >= 11 is 0. The van der Waals surface area contributed by atoms with E-state index >= 15 is 0 Å². The van der Waals surface area contributed by atoms with Crippen LogP contribution >= 0.6 is 0 Å². The lowest BCUT2D eigenvalue weighted by atomic mass is 10.0. The minimum atomic E-state index is -3.12. The molecule has 0 amide bonds. The van der Waals surface area contributed by atoms with E-state index in [0.29, 0.717) is 13.0 Å². The molecule has 74 valence electrons. The predicted octanol–water partition coefficient (Wildman–Crippen LogP) is -0.353. The van der Waals surface area contributed by atoms with E-state index in [4.69, 9.17) is 4.74 Å². The van der Waals surface area contributed by atoms with Crippen LogP contribution in [0.5, 0.6) is 0 Å². The first-order chi connectivity index (χ1) is 6.13. The fourth-order valence-electron chi connectivity index (χ4n) is 0.917. The normalized spacial score (nSPS) is 22.4. The van der Waals surface area contributed by atoms with E-state index in [1.54, 1.807) is 0 Å². The Hall–Kier alpha value is -0.880. The van der Waals surface area contributed by atoms with Crippen molar-refractivity contribution in [1.82, 2.24) is 0 Å². The third kappa shape index (κ3) is 3.56. The average Bonchev–Trinajstić information content (AvgIpc) is 2.81. The minimum absolute atomic E-state index is 0.0417. The van der Waals surface area contributed by atoms with Crippen molar-refractivity contribution in [2.75, 3.05) is 6.61 Å². The maximum atomic E-state index is 11.0. The first-order valence-electron chi connectivity index (χ1n) is 3.74. The summed E-state index contributed by atoms with van der Waals surface area (Å²) in [6.07, 6.45) is 1.84. The number of thiol groups is 1. The van der Waals surface area contributed by atoms with Crippen molar-refractivity contribution in [3.63, 3.8) is 0 Å². The van der Waals surface area contributed by atoms with E-state index in [-0.39, 0.29) is 6.10 Å². The molecule has 0 aromatic rings. The zero-order valence-electron chi connectivity index (χ0n) is 6.84. The lowest BCUT2D eigenvalue weighted by Gasteiger charge is -2.05. The fraction of sp³-hybridized carbons (Fsp3) is 0.571. The van der Waals surface area contributed by atoms with Crippen LogP contribution in [-0.2, 0) is 24.7 Å². The van der Waals surface area contributed by atoms with Crippen LogP contribution in [0.1, 0.15) is 6.42 Å². The molecule has 1 aliphatic rings. The maximum absolute atomic E-state index is 11.0. The molecule has 5 nitrogen and oxygen atoms in total. The van der Waals surface area contributed by atoms with Crippen molar-refractivity contribution >= 4 is 17.0 Å². The van der Waals surface area contributed by atoms with Crippen molar-refractivity contribution in [3.05, 3.63) is 12.7 Å². The zero-order chi connectivity index (χ0) is 9.84. The highest BCUT2D eigenvalue weighted by Crippen LogP contribution is 2.21. The second-order valence-corrected chi connectivity index (χ2v) is 3.30. The third-order valence-corrected chi connectivity index (χ3v) is 2.00. The highest BCUT2D eigenvalue weighted by molar-refractivity contribution is 7.67. The van der Waals surface area contributed by atoms with Crippen molar-refractivity contribution < 1.29 is 22.1 Å². The average molecular weight is 206 g/mol. The molecule has 0 bridgehead atoms. The summed E-state index contributed by atoms with van der Waals surface area (Å²) in [6.45, 7) is 4.03. The topological polar surface area (TPSA) is 73.0 Å². The van der Waals surface area contributed by atoms with Gasteiger partial charge in [0.1, 0.15) is 0 Å². The molecule has 1 fully saturated rings. The van der Waals surface area contributed by atoms with Crippen LogP contribution in [0.3, 0.4) is 0 Å². The second-order valence-electron chi connectivity index (χ2n) is 2.67. The van der Waals surface area contributed by atoms with Gasteiger partial charge in [0.2, 0.25) is 0 Å². The van der Waals surface area contributed by atoms with Crippen molar-refractivity contribution in [2.45, 2.75) is 12.5 Å². The van der Waals surface area contributed by atoms with Crippen molar-refractivity contribution in [2.24, 2.45) is 5.92 Å². The van der Waals surface area contributed by atoms with Gasteiger partial charge in [-0.05, 0) is 6.42 Å². The van der Waals surface area contributed by atoms with Crippen LogP contribution in [0.15, 0.2) is 12.7 Å². The molecule has 1 heterocycles. The Morgan fingerprint density at radius 2 is 2.38 bits per heavy atom. The first kappa shape index (κ1) is 10.2. The van der Waals surface area contributed by atoms with E-state index in [1.807, 2.05) is 0 Å². The summed E-state index contributed by atoms with van der Waals surface area (Å²) < 4.78 is 29.0. The van der Waals surface area contributed by atoms with E-state index in [0.717, 1.165) is 0 Å². The number of carbonyl (C=O) groups is 1. The zero-order valence-corrected chi connectivity index (χ0v) is 7.74. The van der Waals surface area contributed by atoms with Crippen LogP contribution in [0, 0.1) is 5.92 Å². The molecule has 0 aromatic carbocycles. The van der Waals surface area contributed by atoms with Gasteiger partial charge in [-0.1, -0.05) is 6.08 Å². The van der Waals surface area contributed by atoms with Gasteiger partial charge >= 0.3 is 17.0 Å². The molecule has 0 N–H and O–H groups in total. The van der Waals surface area contributed by atoms with Gasteiger partial charge in [0.25, 0.3) is 0 Å². The lowest BCUT2D eigenvalue weighted by molar-refractivity contribution is -0.136. The van der Waals surface area contributed by atoms with Gasteiger partial charge in [0.05, 0.1) is 18.6 Å². The molecule has 13 heavy (non-hydrogen) atoms. The number of hydrogen-bond donors (Lipinski definition) is 1. The van der Waals surface area contributed by atoms with Crippen LogP contribution < -0.4 is 0 Å². The largest absolute Gasteiger partial charge is 0.373 e. The lowest BCUT2D eigenvalue weighted by Crippen LogP contribution is -2.16. The smallest absolute Gasteiger partial charge is 0.328 e.